The number of ketones is 1. The van der Waals surface area contributed by atoms with Gasteiger partial charge in [0.2, 0.25) is 0 Å². The third-order valence-electron chi connectivity index (χ3n) is 3.45. The van der Waals surface area contributed by atoms with E-state index in [0.717, 1.165) is 0 Å². The minimum Gasteiger partial charge on any atom is -0.489 e. The molecule has 2 aromatic rings. The molecule has 130 valence electrons. The molecule has 0 aromatic heterocycles. The lowest BCUT2D eigenvalue weighted by Gasteiger charge is -2.11. The number of esters is 1. The average molecular weight is 343 g/mol. The van der Waals surface area contributed by atoms with E-state index in [4.69, 9.17) is 9.47 Å². The van der Waals surface area contributed by atoms with Gasteiger partial charge in [0.25, 0.3) is 5.69 Å². The highest BCUT2D eigenvalue weighted by molar-refractivity contribution is 6.05. The van der Waals surface area contributed by atoms with Crippen molar-refractivity contribution in [3.63, 3.8) is 0 Å². The van der Waals surface area contributed by atoms with Gasteiger partial charge in [0.15, 0.2) is 5.78 Å². The highest BCUT2D eigenvalue weighted by Gasteiger charge is 2.18. The Morgan fingerprint density at radius 2 is 1.84 bits per heavy atom. The van der Waals surface area contributed by atoms with Gasteiger partial charge in [0.05, 0.1) is 22.7 Å². The lowest BCUT2D eigenvalue weighted by Crippen LogP contribution is -2.11. The van der Waals surface area contributed by atoms with Crippen molar-refractivity contribution in [2.24, 2.45) is 0 Å². The maximum Gasteiger partial charge on any atom is 0.338 e. The number of Topliss-reactive ketones (excluding diaryl/α,β-unsaturated/α-hetero) is 1. The van der Waals surface area contributed by atoms with Gasteiger partial charge in [0.1, 0.15) is 12.4 Å². The van der Waals surface area contributed by atoms with Gasteiger partial charge in [0, 0.05) is 11.6 Å². The number of para-hydroxylation sites is 1. The quantitative estimate of drug-likeness (QED) is 0.330. The van der Waals surface area contributed by atoms with Crippen LogP contribution in [-0.4, -0.2) is 23.3 Å². The van der Waals surface area contributed by atoms with Gasteiger partial charge in [-0.2, -0.15) is 0 Å². The van der Waals surface area contributed by atoms with E-state index in [-0.39, 0.29) is 35.8 Å². The van der Waals surface area contributed by atoms with Crippen LogP contribution in [0.4, 0.5) is 5.69 Å². The van der Waals surface area contributed by atoms with Gasteiger partial charge in [-0.1, -0.05) is 12.1 Å². The van der Waals surface area contributed by atoms with Crippen molar-refractivity contribution in [3.05, 3.63) is 69.3 Å². The molecular weight excluding hydrogens is 326 g/mol. The smallest absolute Gasteiger partial charge is 0.338 e. The van der Waals surface area contributed by atoms with E-state index in [1.54, 1.807) is 25.1 Å². The molecule has 0 aliphatic heterocycles. The Morgan fingerprint density at radius 3 is 2.48 bits per heavy atom. The second kappa shape index (κ2) is 8.05. The molecule has 0 unspecified atom stereocenters. The van der Waals surface area contributed by atoms with Gasteiger partial charge in [-0.25, -0.2) is 4.79 Å². The molecule has 0 atom stereocenters. The molecule has 0 saturated carbocycles. The number of nitro groups is 1. The van der Waals surface area contributed by atoms with E-state index >= 15 is 0 Å². The summed E-state index contributed by atoms with van der Waals surface area (Å²) in [5, 5.41) is 11.0. The van der Waals surface area contributed by atoms with E-state index in [0.29, 0.717) is 11.3 Å². The summed E-state index contributed by atoms with van der Waals surface area (Å²) >= 11 is 0. The van der Waals surface area contributed by atoms with Gasteiger partial charge in [-0.15, -0.1) is 0 Å². The van der Waals surface area contributed by atoms with E-state index in [1.165, 1.54) is 31.2 Å². The third-order valence-corrected chi connectivity index (χ3v) is 3.45. The van der Waals surface area contributed by atoms with E-state index in [2.05, 4.69) is 0 Å². The maximum absolute atomic E-state index is 12.0. The minimum absolute atomic E-state index is 0.0428. The normalized spacial score (nSPS) is 10.2. The first-order chi connectivity index (χ1) is 11.9. The van der Waals surface area contributed by atoms with Crippen molar-refractivity contribution in [2.75, 3.05) is 6.61 Å². The number of nitrogens with zero attached hydrogens (tertiary/aromatic N) is 1. The third kappa shape index (κ3) is 4.41. The van der Waals surface area contributed by atoms with E-state index < -0.39 is 10.9 Å². The molecule has 0 bridgehead atoms. The number of ether oxygens (including phenoxy) is 2. The van der Waals surface area contributed by atoms with Crippen LogP contribution in [0.15, 0.2) is 42.5 Å². The van der Waals surface area contributed by atoms with E-state index in [1.807, 2.05) is 0 Å². The fraction of sp³-hybridized carbons (Fsp3) is 0.222. The number of hydrogen-bond acceptors (Lipinski definition) is 6. The first-order valence-electron chi connectivity index (χ1n) is 7.61. The maximum atomic E-state index is 12.0. The first kappa shape index (κ1) is 18.1. The summed E-state index contributed by atoms with van der Waals surface area (Å²) < 4.78 is 10.5. The summed E-state index contributed by atoms with van der Waals surface area (Å²) in [6.07, 6.45) is 0. The predicted molar refractivity (Wildman–Crippen MR) is 89.8 cm³/mol. The van der Waals surface area contributed by atoms with Gasteiger partial charge < -0.3 is 9.47 Å². The number of hydrogen-bond donors (Lipinski definition) is 0. The van der Waals surface area contributed by atoms with Gasteiger partial charge in [-0.3, -0.25) is 14.9 Å². The zero-order valence-corrected chi connectivity index (χ0v) is 13.9. The topological polar surface area (TPSA) is 95.7 Å². The Morgan fingerprint density at radius 1 is 1.12 bits per heavy atom. The summed E-state index contributed by atoms with van der Waals surface area (Å²) in [4.78, 5) is 34.2. The minimum atomic E-state index is -0.621. The van der Waals surface area contributed by atoms with E-state index in [9.17, 15) is 19.7 Å². The summed E-state index contributed by atoms with van der Waals surface area (Å²) in [6.45, 7) is 3.16. The number of nitro benzene ring substituents is 1. The van der Waals surface area contributed by atoms with Crippen molar-refractivity contribution < 1.29 is 24.0 Å². The molecular formula is C18H17NO6. The summed E-state index contributed by atoms with van der Waals surface area (Å²) in [5.41, 5.74) is 0.695. The fourth-order valence-electron chi connectivity index (χ4n) is 2.27. The first-order valence-corrected chi connectivity index (χ1v) is 7.61. The van der Waals surface area contributed by atoms with Crippen molar-refractivity contribution in [1.29, 1.82) is 0 Å². The Bertz CT molecular complexity index is 815. The van der Waals surface area contributed by atoms with Crippen LogP contribution in [0.25, 0.3) is 0 Å². The Labute approximate surface area is 144 Å². The highest BCUT2D eigenvalue weighted by Crippen LogP contribution is 2.23. The molecule has 2 rings (SSSR count). The predicted octanol–water partition coefficient (Wildman–Crippen LogP) is 3.55. The molecule has 0 saturated heterocycles. The van der Waals surface area contributed by atoms with Crippen LogP contribution in [0, 0.1) is 10.1 Å². The molecule has 0 amide bonds. The van der Waals surface area contributed by atoms with Crippen LogP contribution in [0.5, 0.6) is 5.75 Å². The Balaban J connectivity index is 2.26. The number of benzene rings is 2. The second-order valence-corrected chi connectivity index (χ2v) is 5.16. The standard InChI is InChI=1S/C18H17NO6/c1-3-24-18(21)16-10-14(8-9-15(16)12(2)20)25-11-13-6-4-5-7-17(13)19(22)23/h4-10H,3,11H2,1-2H3. The molecule has 7 nitrogen and oxygen atoms in total. The Kier molecular flexibility index (Phi) is 5.84. The second-order valence-electron chi connectivity index (χ2n) is 5.16. The molecule has 0 N–H and O–H groups in total. The largest absolute Gasteiger partial charge is 0.489 e. The average Bonchev–Trinajstić information content (AvgIpc) is 2.60. The summed E-state index contributed by atoms with van der Waals surface area (Å²) in [6, 6.07) is 10.6. The van der Waals surface area contributed by atoms with Crippen LogP contribution in [0.3, 0.4) is 0 Å². The summed E-state index contributed by atoms with van der Waals surface area (Å²) in [7, 11) is 0. The van der Waals surface area contributed by atoms with Crippen molar-refractivity contribution in [3.8, 4) is 5.75 Å². The highest BCUT2D eigenvalue weighted by atomic mass is 16.6. The molecule has 2 aromatic carbocycles. The fourth-order valence-corrected chi connectivity index (χ4v) is 2.27. The van der Waals surface area contributed by atoms with Crippen LogP contribution < -0.4 is 4.74 Å². The number of carbonyl (C=O) groups excluding carboxylic acids is 2. The Hall–Kier alpha value is -3.22. The number of carbonyl (C=O) groups is 2. The monoisotopic (exact) mass is 343 g/mol. The van der Waals surface area contributed by atoms with Crippen LogP contribution in [0.1, 0.15) is 40.1 Å². The van der Waals surface area contributed by atoms with Crippen molar-refractivity contribution in [2.45, 2.75) is 20.5 Å². The lowest BCUT2D eigenvalue weighted by molar-refractivity contribution is -0.385. The summed E-state index contributed by atoms with van der Waals surface area (Å²) in [5.74, 6) is -0.580. The van der Waals surface area contributed by atoms with Crippen LogP contribution in [-0.2, 0) is 11.3 Å². The molecule has 0 fully saturated rings. The SMILES string of the molecule is CCOC(=O)c1cc(OCc2ccccc2[N+](=O)[O-])ccc1C(C)=O. The van der Waals surface area contributed by atoms with Crippen molar-refractivity contribution >= 4 is 17.4 Å². The van der Waals surface area contributed by atoms with Crippen LogP contribution in [0.2, 0.25) is 0 Å². The molecule has 0 radical (unpaired) electrons. The van der Waals surface area contributed by atoms with Gasteiger partial charge >= 0.3 is 5.97 Å². The molecule has 7 heteroatoms. The van der Waals surface area contributed by atoms with Gasteiger partial charge in [-0.05, 0) is 38.1 Å². The molecule has 0 spiro atoms. The molecule has 25 heavy (non-hydrogen) atoms. The number of rotatable bonds is 7. The molecule has 0 aliphatic carbocycles. The van der Waals surface area contributed by atoms with Crippen LogP contribution >= 0.6 is 0 Å². The van der Waals surface area contributed by atoms with Crippen molar-refractivity contribution in [1.82, 2.24) is 0 Å². The lowest BCUT2D eigenvalue weighted by atomic mass is 10.0. The molecule has 0 aliphatic rings. The zero-order valence-electron chi connectivity index (χ0n) is 13.9. The zero-order chi connectivity index (χ0) is 18.4. The molecule has 0 heterocycles.